The van der Waals surface area contributed by atoms with E-state index in [-0.39, 0.29) is 0 Å². The second-order valence-electron chi connectivity index (χ2n) is 15.6. The van der Waals surface area contributed by atoms with Crippen molar-refractivity contribution >= 4 is 38.6 Å². The van der Waals surface area contributed by atoms with Gasteiger partial charge in [-0.05, 0) is 131 Å². The molecule has 12 rings (SSSR count). The minimum atomic E-state index is -0.432. The number of hydrogen-bond donors (Lipinski definition) is 0. The largest absolute Gasteiger partial charge is 0.310 e. The lowest BCUT2D eigenvalue weighted by Crippen LogP contribution is -2.25. The highest BCUT2D eigenvalue weighted by Gasteiger charge is 2.52. The lowest BCUT2D eigenvalue weighted by Gasteiger charge is -2.31. The van der Waals surface area contributed by atoms with Gasteiger partial charge in [-0.25, -0.2) is 0 Å². The minimum absolute atomic E-state index is 0.432. The van der Waals surface area contributed by atoms with Crippen molar-refractivity contribution in [2.24, 2.45) is 0 Å². The highest BCUT2D eigenvalue weighted by atomic mass is 15.1. The van der Waals surface area contributed by atoms with Gasteiger partial charge in [0.1, 0.15) is 0 Å². The molecular formula is C57H37N. The Hall–Kier alpha value is -7.48. The Morgan fingerprint density at radius 3 is 1.66 bits per heavy atom. The van der Waals surface area contributed by atoms with Crippen LogP contribution in [-0.4, -0.2) is 0 Å². The van der Waals surface area contributed by atoms with Crippen molar-refractivity contribution in [3.8, 4) is 44.5 Å². The van der Waals surface area contributed by atoms with E-state index in [0.717, 1.165) is 17.1 Å². The Labute approximate surface area is 338 Å². The van der Waals surface area contributed by atoms with Gasteiger partial charge in [-0.2, -0.15) is 0 Å². The van der Waals surface area contributed by atoms with E-state index in [4.69, 9.17) is 0 Å². The quantitative estimate of drug-likeness (QED) is 0.170. The van der Waals surface area contributed by atoms with E-state index < -0.39 is 5.41 Å². The van der Waals surface area contributed by atoms with Gasteiger partial charge in [0.2, 0.25) is 0 Å². The molecule has 0 atom stereocenters. The molecule has 0 heterocycles. The highest BCUT2D eigenvalue weighted by Crippen LogP contribution is 2.64. The molecule has 58 heavy (non-hydrogen) atoms. The van der Waals surface area contributed by atoms with Crippen LogP contribution in [0.4, 0.5) is 17.1 Å². The number of nitrogens with zero attached hydrogens (tertiary/aromatic N) is 1. The highest BCUT2D eigenvalue weighted by molar-refractivity contribution is 6.09. The van der Waals surface area contributed by atoms with Gasteiger partial charge in [-0.3, -0.25) is 0 Å². The molecule has 270 valence electrons. The molecule has 1 heteroatoms. The Bertz CT molecular complexity index is 3170. The maximum atomic E-state index is 2.52. The number of anilines is 3. The first kappa shape index (κ1) is 32.7. The minimum Gasteiger partial charge on any atom is -0.310 e. The molecule has 0 unspecified atom stereocenters. The van der Waals surface area contributed by atoms with Crippen LogP contribution in [0.3, 0.4) is 0 Å². The molecule has 0 amide bonds. The number of fused-ring (bicyclic) bond motifs is 13. The van der Waals surface area contributed by atoms with Crippen LogP contribution in [0.2, 0.25) is 0 Å². The summed E-state index contributed by atoms with van der Waals surface area (Å²) in [7, 11) is 0. The van der Waals surface area contributed by atoms with Crippen LogP contribution in [-0.2, 0) is 5.41 Å². The van der Waals surface area contributed by atoms with Gasteiger partial charge in [-0.15, -0.1) is 0 Å². The molecule has 10 aromatic carbocycles. The monoisotopic (exact) mass is 735 g/mol. The molecule has 0 radical (unpaired) electrons. The Morgan fingerprint density at radius 1 is 0.293 bits per heavy atom. The Balaban J connectivity index is 1.12. The maximum absolute atomic E-state index is 2.52. The molecule has 10 aromatic rings. The number of benzene rings is 10. The third-order valence-electron chi connectivity index (χ3n) is 12.6. The summed E-state index contributed by atoms with van der Waals surface area (Å²) in [5, 5.41) is 5.02. The molecule has 0 N–H and O–H groups in total. The van der Waals surface area contributed by atoms with Crippen LogP contribution >= 0.6 is 0 Å². The van der Waals surface area contributed by atoms with Crippen LogP contribution < -0.4 is 4.90 Å². The van der Waals surface area contributed by atoms with Crippen molar-refractivity contribution in [1.82, 2.24) is 0 Å². The predicted molar refractivity (Wildman–Crippen MR) is 243 cm³/mol. The van der Waals surface area contributed by atoms with Crippen LogP contribution in [0.15, 0.2) is 224 Å². The second-order valence-corrected chi connectivity index (χ2v) is 15.6. The predicted octanol–water partition coefficient (Wildman–Crippen LogP) is 15.1. The molecule has 0 aliphatic heterocycles. The zero-order chi connectivity index (χ0) is 38.2. The second kappa shape index (κ2) is 12.8. The molecule has 1 nitrogen and oxygen atoms in total. The topological polar surface area (TPSA) is 3.24 Å². The summed E-state index contributed by atoms with van der Waals surface area (Å²) in [5.74, 6) is 0. The SMILES string of the molecule is c1ccc(-c2ccc(N(c3ccccc3)c3ccc4cc5c(cc4c3)C3(c4ccccc4-c4ccccc43)c3ccc4ccccc4c3-5)c(-c3ccccc3)c2)cc1. The first-order valence-corrected chi connectivity index (χ1v) is 20.2. The van der Waals surface area contributed by atoms with E-state index in [9.17, 15) is 0 Å². The average molecular weight is 736 g/mol. The maximum Gasteiger partial charge on any atom is 0.0725 e. The zero-order valence-corrected chi connectivity index (χ0v) is 31.8. The molecule has 0 saturated carbocycles. The van der Waals surface area contributed by atoms with E-state index in [1.165, 1.54) is 88.3 Å². The first-order valence-electron chi connectivity index (χ1n) is 20.2. The third kappa shape index (κ3) is 4.71. The van der Waals surface area contributed by atoms with E-state index in [1.54, 1.807) is 0 Å². The van der Waals surface area contributed by atoms with Crippen LogP contribution in [0.1, 0.15) is 22.3 Å². The van der Waals surface area contributed by atoms with Crippen LogP contribution in [0.5, 0.6) is 0 Å². The van der Waals surface area contributed by atoms with Gasteiger partial charge >= 0.3 is 0 Å². The number of hydrogen-bond acceptors (Lipinski definition) is 1. The van der Waals surface area contributed by atoms with Crippen molar-refractivity contribution < 1.29 is 0 Å². The van der Waals surface area contributed by atoms with Gasteiger partial charge in [0.05, 0.1) is 11.1 Å². The molecule has 0 aromatic heterocycles. The Morgan fingerprint density at radius 2 is 0.914 bits per heavy atom. The van der Waals surface area contributed by atoms with Crippen molar-refractivity contribution in [2.75, 3.05) is 4.90 Å². The molecule has 0 fully saturated rings. The van der Waals surface area contributed by atoms with Crippen molar-refractivity contribution in [3.05, 3.63) is 247 Å². The summed E-state index contributed by atoms with van der Waals surface area (Å²) >= 11 is 0. The summed E-state index contributed by atoms with van der Waals surface area (Å²) in [6.07, 6.45) is 0. The molecular weight excluding hydrogens is 699 g/mol. The summed E-state index contributed by atoms with van der Waals surface area (Å²) in [6.45, 7) is 0. The molecule has 0 bridgehead atoms. The van der Waals surface area contributed by atoms with Gasteiger partial charge < -0.3 is 4.90 Å². The third-order valence-corrected chi connectivity index (χ3v) is 12.6. The fourth-order valence-corrected chi connectivity index (χ4v) is 10.2. The van der Waals surface area contributed by atoms with Gasteiger partial charge in [-0.1, -0.05) is 176 Å². The Kier molecular flexibility index (Phi) is 7.21. The average Bonchev–Trinajstić information content (AvgIpc) is 3.76. The summed E-state index contributed by atoms with van der Waals surface area (Å²) in [5.41, 5.74) is 18.4. The molecule has 2 aliphatic rings. The first-order chi connectivity index (χ1) is 28.8. The van der Waals surface area contributed by atoms with Crippen molar-refractivity contribution in [1.29, 1.82) is 0 Å². The van der Waals surface area contributed by atoms with Gasteiger partial charge in [0, 0.05) is 16.9 Å². The zero-order valence-electron chi connectivity index (χ0n) is 31.8. The van der Waals surface area contributed by atoms with Crippen LogP contribution in [0, 0.1) is 0 Å². The molecule has 2 aliphatic carbocycles. The van der Waals surface area contributed by atoms with Crippen molar-refractivity contribution in [2.45, 2.75) is 5.41 Å². The number of para-hydroxylation sites is 1. The fraction of sp³-hybridized carbons (Fsp3) is 0.0175. The van der Waals surface area contributed by atoms with E-state index in [0.29, 0.717) is 0 Å². The summed E-state index contributed by atoms with van der Waals surface area (Å²) < 4.78 is 0. The lowest BCUT2D eigenvalue weighted by atomic mass is 9.70. The normalized spacial score (nSPS) is 13.0. The van der Waals surface area contributed by atoms with Gasteiger partial charge in [0.15, 0.2) is 0 Å². The lowest BCUT2D eigenvalue weighted by molar-refractivity contribution is 0.795. The molecule has 0 saturated heterocycles. The van der Waals surface area contributed by atoms with Gasteiger partial charge in [0.25, 0.3) is 0 Å². The summed E-state index contributed by atoms with van der Waals surface area (Å²) in [6, 6.07) is 83.0. The standard InChI is InChI=1S/C57H37N/c1-4-16-38(17-5-1)41-30-33-55(49(35-41)39-18-6-2-7-19-39)58(44-21-8-3-9-22-44)45-31-28-42-36-50-54(37-43(42)34-45)57(53-32-29-40-20-10-11-23-46(40)56(50)53)51-26-14-12-24-47(51)48-25-13-15-27-52(48)57/h1-37H. The van der Waals surface area contributed by atoms with E-state index in [1.807, 2.05) is 0 Å². The summed E-state index contributed by atoms with van der Waals surface area (Å²) in [4.78, 5) is 2.43. The molecule has 1 spiro atoms. The fourth-order valence-electron chi connectivity index (χ4n) is 10.2. The van der Waals surface area contributed by atoms with E-state index in [2.05, 4.69) is 229 Å². The van der Waals surface area contributed by atoms with Crippen molar-refractivity contribution in [3.63, 3.8) is 0 Å². The van der Waals surface area contributed by atoms with Crippen LogP contribution in [0.25, 0.3) is 66.1 Å². The van der Waals surface area contributed by atoms with E-state index >= 15 is 0 Å². The smallest absolute Gasteiger partial charge is 0.0725 e. The number of rotatable bonds is 5.